The van der Waals surface area contributed by atoms with Gasteiger partial charge < -0.3 is 4.57 Å². The van der Waals surface area contributed by atoms with Gasteiger partial charge in [-0.25, -0.2) is 9.97 Å². The van der Waals surface area contributed by atoms with E-state index < -0.39 is 0 Å². The van der Waals surface area contributed by atoms with Gasteiger partial charge in [-0.3, -0.25) is 0 Å². The van der Waals surface area contributed by atoms with Crippen molar-refractivity contribution in [2.75, 3.05) is 5.75 Å². The molecule has 2 unspecified atom stereocenters. The first-order chi connectivity index (χ1) is 9.15. The minimum Gasteiger partial charge on any atom is -0.310 e. The maximum absolute atomic E-state index is 6.29. The van der Waals surface area contributed by atoms with E-state index in [1.165, 1.54) is 18.6 Å². The SMILES string of the molecule is Cc1ccc2nc(C(C)Cl)n(CC3CCCS3)c2n1. The van der Waals surface area contributed by atoms with Crippen LogP contribution in [0.5, 0.6) is 0 Å². The van der Waals surface area contributed by atoms with Gasteiger partial charge in [0.2, 0.25) is 0 Å². The highest BCUT2D eigenvalue weighted by Gasteiger charge is 2.22. The molecule has 1 aliphatic heterocycles. The summed E-state index contributed by atoms with van der Waals surface area (Å²) >= 11 is 8.34. The Morgan fingerprint density at radius 3 is 3.00 bits per heavy atom. The van der Waals surface area contributed by atoms with E-state index in [4.69, 9.17) is 11.6 Å². The van der Waals surface area contributed by atoms with Crippen molar-refractivity contribution >= 4 is 34.5 Å². The summed E-state index contributed by atoms with van der Waals surface area (Å²) in [6, 6.07) is 4.05. The third-order valence-corrected chi connectivity index (χ3v) is 5.10. The molecule has 3 rings (SSSR count). The van der Waals surface area contributed by atoms with Crippen LogP contribution < -0.4 is 0 Å². The largest absolute Gasteiger partial charge is 0.310 e. The summed E-state index contributed by atoms with van der Waals surface area (Å²) in [6.07, 6.45) is 2.60. The van der Waals surface area contributed by atoms with Gasteiger partial charge in [0.25, 0.3) is 0 Å². The molecule has 0 amide bonds. The fourth-order valence-electron chi connectivity index (χ4n) is 2.59. The molecule has 0 radical (unpaired) electrons. The van der Waals surface area contributed by atoms with E-state index in [1.807, 2.05) is 26.0 Å². The van der Waals surface area contributed by atoms with Crippen LogP contribution in [-0.4, -0.2) is 25.5 Å². The topological polar surface area (TPSA) is 30.7 Å². The van der Waals surface area contributed by atoms with Crippen LogP contribution >= 0.6 is 23.4 Å². The Morgan fingerprint density at radius 2 is 2.32 bits per heavy atom. The van der Waals surface area contributed by atoms with Crippen molar-refractivity contribution in [2.24, 2.45) is 0 Å². The van der Waals surface area contributed by atoms with Gasteiger partial charge in [-0.05, 0) is 44.6 Å². The molecular formula is C14H18ClN3S. The first-order valence-electron chi connectivity index (χ1n) is 6.74. The molecule has 2 aromatic heterocycles. The number of thioether (sulfide) groups is 1. The molecule has 0 aliphatic carbocycles. The molecule has 0 saturated carbocycles. The number of aromatic nitrogens is 3. The van der Waals surface area contributed by atoms with Gasteiger partial charge in [0, 0.05) is 17.5 Å². The van der Waals surface area contributed by atoms with Crippen molar-refractivity contribution in [1.29, 1.82) is 0 Å². The predicted octanol–water partition coefficient (Wildman–Crippen LogP) is 3.94. The van der Waals surface area contributed by atoms with Crippen LogP contribution in [0.1, 0.15) is 36.7 Å². The lowest BCUT2D eigenvalue weighted by Crippen LogP contribution is -2.13. The minimum absolute atomic E-state index is 0.0825. The maximum Gasteiger partial charge on any atom is 0.160 e. The molecule has 2 atom stereocenters. The highest BCUT2D eigenvalue weighted by molar-refractivity contribution is 8.00. The zero-order valence-corrected chi connectivity index (χ0v) is 12.8. The Kier molecular flexibility index (Phi) is 3.72. The van der Waals surface area contributed by atoms with Crippen LogP contribution in [-0.2, 0) is 6.54 Å². The number of hydrogen-bond donors (Lipinski definition) is 0. The number of fused-ring (bicyclic) bond motifs is 1. The lowest BCUT2D eigenvalue weighted by Gasteiger charge is -2.14. The van der Waals surface area contributed by atoms with Crippen molar-refractivity contribution in [3.05, 3.63) is 23.7 Å². The molecule has 2 aromatic rings. The molecule has 0 N–H and O–H groups in total. The van der Waals surface area contributed by atoms with E-state index in [2.05, 4.69) is 26.3 Å². The van der Waals surface area contributed by atoms with Crippen LogP contribution in [0, 0.1) is 6.92 Å². The molecule has 5 heteroatoms. The van der Waals surface area contributed by atoms with Crippen molar-refractivity contribution in [1.82, 2.24) is 14.5 Å². The molecule has 0 bridgehead atoms. The number of aryl methyl sites for hydroxylation is 1. The Bertz CT molecular complexity index is 588. The van der Waals surface area contributed by atoms with E-state index in [1.54, 1.807) is 0 Å². The normalized spacial score (nSPS) is 21.1. The number of imidazole rings is 1. The molecule has 102 valence electrons. The number of rotatable bonds is 3. The van der Waals surface area contributed by atoms with Crippen molar-refractivity contribution in [2.45, 2.75) is 43.9 Å². The van der Waals surface area contributed by atoms with Crippen LogP contribution in [0.3, 0.4) is 0 Å². The molecule has 0 spiro atoms. The number of pyridine rings is 1. The molecule has 0 aromatic carbocycles. The van der Waals surface area contributed by atoms with Crippen molar-refractivity contribution in [3.63, 3.8) is 0 Å². The lowest BCUT2D eigenvalue weighted by atomic mass is 10.2. The Morgan fingerprint density at radius 1 is 1.47 bits per heavy atom. The summed E-state index contributed by atoms with van der Waals surface area (Å²) in [5.74, 6) is 2.22. The molecule has 1 saturated heterocycles. The fourth-order valence-corrected chi connectivity index (χ4v) is 4.01. The van der Waals surface area contributed by atoms with E-state index >= 15 is 0 Å². The summed E-state index contributed by atoms with van der Waals surface area (Å²) in [4.78, 5) is 9.31. The zero-order chi connectivity index (χ0) is 13.4. The summed E-state index contributed by atoms with van der Waals surface area (Å²) in [6.45, 7) is 4.98. The summed E-state index contributed by atoms with van der Waals surface area (Å²) < 4.78 is 2.23. The second-order valence-corrected chi connectivity index (χ2v) is 7.19. The first kappa shape index (κ1) is 13.3. The average Bonchev–Trinajstić information content (AvgIpc) is 2.98. The third-order valence-electron chi connectivity index (χ3n) is 3.53. The first-order valence-corrected chi connectivity index (χ1v) is 8.23. The Labute approximate surface area is 122 Å². The van der Waals surface area contributed by atoms with E-state index in [-0.39, 0.29) is 5.38 Å². The predicted molar refractivity (Wildman–Crippen MR) is 82.0 cm³/mol. The van der Waals surface area contributed by atoms with Crippen molar-refractivity contribution < 1.29 is 0 Å². The standard InChI is InChI=1S/C14H18ClN3S/c1-9-5-6-12-14(16-9)18(13(17-12)10(2)15)8-11-4-3-7-19-11/h5-6,10-11H,3-4,7-8H2,1-2H3. The smallest absolute Gasteiger partial charge is 0.160 e. The highest BCUT2D eigenvalue weighted by Crippen LogP contribution is 2.31. The lowest BCUT2D eigenvalue weighted by molar-refractivity contribution is 0.619. The van der Waals surface area contributed by atoms with Crippen molar-refractivity contribution in [3.8, 4) is 0 Å². The van der Waals surface area contributed by atoms with Crippen LogP contribution in [0.15, 0.2) is 12.1 Å². The summed E-state index contributed by atoms with van der Waals surface area (Å²) in [7, 11) is 0. The molecular weight excluding hydrogens is 278 g/mol. The van der Waals surface area contributed by atoms with E-state index in [0.717, 1.165) is 29.2 Å². The summed E-state index contributed by atoms with van der Waals surface area (Å²) in [5, 5.41) is 0.592. The van der Waals surface area contributed by atoms with Gasteiger partial charge in [0.1, 0.15) is 11.3 Å². The molecule has 1 fully saturated rings. The van der Waals surface area contributed by atoms with Crippen LogP contribution in [0.25, 0.3) is 11.2 Å². The average molecular weight is 296 g/mol. The third kappa shape index (κ3) is 2.61. The quantitative estimate of drug-likeness (QED) is 0.804. The number of alkyl halides is 1. The molecule has 3 nitrogen and oxygen atoms in total. The van der Waals surface area contributed by atoms with Gasteiger partial charge in [-0.15, -0.1) is 11.6 Å². The second-order valence-electron chi connectivity index (χ2n) is 5.13. The Balaban J connectivity index is 2.06. The summed E-state index contributed by atoms with van der Waals surface area (Å²) in [5.41, 5.74) is 2.97. The van der Waals surface area contributed by atoms with Crippen LogP contribution in [0.2, 0.25) is 0 Å². The number of nitrogens with zero attached hydrogens (tertiary/aromatic N) is 3. The molecule has 3 heterocycles. The van der Waals surface area contributed by atoms with Gasteiger partial charge in [-0.2, -0.15) is 11.8 Å². The van der Waals surface area contributed by atoms with E-state index in [0.29, 0.717) is 5.25 Å². The Hall–Kier alpha value is -0.740. The van der Waals surface area contributed by atoms with Crippen LogP contribution in [0.4, 0.5) is 0 Å². The number of halogens is 1. The highest BCUT2D eigenvalue weighted by atomic mass is 35.5. The number of hydrogen-bond acceptors (Lipinski definition) is 3. The molecule has 19 heavy (non-hydrogen) atoms. The minimum atomic E-state index is -0.0825. The van der Waals surface area contributed by atoms with Gasteiger partial charge in [0.05, 0.1) is 5.38 Å². The second kappa shape index (κ2) is 5.33. The van der Waals surface area contributed by atoms with Gasteiger partial charge in [0.15, 0.2) is 5.65 Å². The van der Waals surface area contributed by atoms with Gasteiger partial charge in [-0.1, -0.05) is 0 Å². The van der Waals surface area contributed by atoms with Gasteiger partial charge >= 0.3 is 0 Å². The fraction of sp³-hybridized carbons (Fsp3) is 0.571. The van der Waals surface area contributed by atoms with E-state index in [9.17, 15) is 0 Å². The zero-order valence-electron chi connectivity index (χ0n) is 11.3. The molecule has 1 aliphatic rings. The monoisotopic (exact) mass is 295 g/mol. The maximum atomic E-state index is 6.29.